The summed E-state index contributed by atoms with van der Waals surface area (Å²) < 4.78 is 52.8. The van der Waals surface area contributed by atoms with Crippen molar-refractivity contribution in [3.05, 3.63) is 48.6 Å². The number of rotatable bonds is 44. The van der Waals surface area contributed by atoms with Crippen molar-refractivity contribution in [2.24, 2.45) is 0 Å². The summed E-state index contributed by atoms with van der Waals surface area (Å²) in [6, 6.07) is 0. The second-order valence-corrected chi connectivity index (χ2v) is 18.3. The van der Waals surface area contributed by atoms with E-state index in [-0.39, 0.29) is 12.8 Å². The normalized spacial score (nSPS) is 15.7. The molecule has 0 saturated heterocycles. The van der Waals surface area contributed by atoms with Gasteiger partial charge in [0.05, 0.1) is 26.4 Å². The van der Waals surface area contributed by atoms with E-state index >= 15 is 0 Å². The lowest BCUT2D eigenvalue weighted by Crippen LogP contribution is -2.25. The molecule has 15 nitrogen and oxygen atoms in total. The highest BCUT2D eigenvalue weighted by Crippen LogP contribution is 2.45. The standard InChI is InChI=1S/C45H82O15P2/c1-3-5-7-9-11-13-15-17-18-19-20-22-24-26-28-30-32-34-45(50)56-36-42(47)38-58-62(53,54)60-40-43(48)39-59-61(51,52)57-37-41(46)35-55-44(49)33-31-29-27-25-23-21-16-14-12-10-8-6-4-2/h11,13,17-18,21,23,27,29,41-43,46-48H,3-10,12,14-16,19-20,22,24-26,28,30-40H2,1-2H3,(H,51,52)(H,53,54)/b13-11-,18-17-,23-21-,29-27+. The fourth-order valence-electron chi connectivity index (χ4n) is 5.65. The van der Waals surface area contributed by atoms with E-state index < -0.39 is 85.5 Å². The van der Waals surface area contributed by atoms with E-state index in [1.54, 1.807) is 0 Å². The van der Waals surface area contributed by atoms with Gasteiger partial charge in [-0.25, -0.2) is 9.13 Å². The lowest BCUT2D eigenvalue weighted by Gasteiger charge is -2.19. The van der Waals surface area contributed by atoms with E-state index in [4.69, 9.17) is 9.47 Å². The number of phosphoric acid groups is 2. The number of esters is 2. The van der Waals surface area contributed by atoms with Crippen LogP contribution in [0.5, 0.6) is 0 Å². The Labute approximate surface area is 372 Å². The third-order valence-corrected chi connectivity index (χ3v) is 11.2. The van der Waals surface area contributed by atoms with Crippen molar-refractivity contribution in [2.45, 2.75) is 186 Å². The van der Waals surface area contributed by atoms with Gasteiger partial charge >= 0.3 is 27.6 Å². The first-order valence-corrected chi connectivity index (χ1v) is 26.0. The van der Waals surface area contributed by atoms with Crippen molar-refractivity contribution in [3.8, 4) is 0 Å². The van der Waals surface area contributed by atoms with Crippen molar-refractivity contribution in [1.29, 1.82) is 0 Å². The van der Waals surface area contributed by atoms with Crippen molar-refractivity contribution in [2.75, 3.05) is 39.6 Å². The van der Waals surface area contributed by atoms with Crippen LogP contribution in [0.3, 0.4) is 0 Å². The van der Waals surface area contributed by atoms with E-state index in [9.17, 15) is 43.8 Å². The maximum Gasteiger partial charge on any atom is 0.472 e. The van der Waals surface area contributed by atoms with Crippen LogP contribution < -0.4 is 0 Å². The molecule has 0 spiro atoms. The highest BCUT2D eigenvalue weighted by molar-refractivity contribution is 7.47. The molecule has 5 unspecified atom stereocenters. The summed E-state index contributed by atoms with van der Waals surface area (Å²) in [5, 5.41) is 30.0. The van der Waals surface area contributed by atoms with Crippen LogP contribution >= 0.6 is 15.6 Å². The number of phosphoric ester groups is 2. The fraction of sp³-hybridized carbons (Fsp3) is 0.778. The van der Waals surface area contributed by atoms with Gasteiger partial charge in [-0.05, 0) is 64.2 Å². The van der Waals surface area contributed by atoms with Gasteiger partial charge < -0.3 is 34.6 Å². The third kappa shape index (κ3) is 43.3. The first-order chi connectivity index (χ1) is 29.8. The number of allylic oxidation sites excluding steroid dienone is 8. The van der Waals surface area contributed by atoms with Gasteiger partial charge in [-0.1, -0.05) is 140 Å². The summed E-state index contributed by atoms with van der Waals surface area (Å²) in [6.07, 6.45) is 36.9. The number of hydrogen-bond acceptors (Lipinski definition) is 13. The first-order valence-electron chi connectivity index (χ1n) is 23.0. The average Bonchev–Trinajstić information content (AvgIpc) is 3.24. The molecule has 0 aliphatic heterocycles. The monoisotopic (exact) mass is 925 g/mol. The quantitative estimate of drug-likeness (QED) is 0.0166. The molecule has 0 aliphatic rings. The maximum absolute atomic E-state index is 12.1. The van der Waals surface area contributed by atoms with Gasteiger partial charge in [0, 0.05) is 12.8 Å². The summed E-state index contributed by atoms with van der Waals surface area (Å²) in [5.74, 6) is -1.07. The van der Waals surface area contributed by atoms with Gasteiger partial charge in [0.1, 0.15) is 31.5 Å². The smallest absolute Gasteiger partial charge is 0.463 e. The Bertz CT molecular complexity index is 1310. The zero-order valence-electron chi connectivity index (χ0n) is 37.8. The van der Waals surface area contributed by atoms with Crippen molar-refractivity contribution in [1.82, 2.24) is 0 Å². The van der Waals surface area contributed by atoms with Crippen LogP contribution in [-0.4, -0.2) is 95.0 Å². The Kier molecular flexibility index (Phi) is 40.3. The van der Waals surface area contributed by atoms with Crippen LogP contribution in [-0.2, 0) is 46.3 Å². The fourth-order valence-corrected chi connectivity index (χ4v) is 7.24. The molecule has 5 N–H and O–H groups in total. The molecule has 5 atom stereocenters. The molecule has 62 heavy (non-hydrogen) atoms. The molecule has 17 heteroatoms. The van der Waals surface area contributed by atoms with E-state index in [2.05, 4.69) is 68.4 Å². The molecule has 0 saturated carbocycles. The van der Waals surface area contributed by atoms with Crippen LogP contribution in [0.15, 0.2) is 48.6 Å². The highest BCUT2D eigenvalue weighted by Gasteiger charge is 2.28. The Morgan fingerprint density at radius 2 is 0.726 bits per heavy atom. The lowest BCUT2D eigenvalue weighted by molar-refractivity contribution is -0.148. The molecule has 0 aromatic heterocycles. The van der Waals surface area contributed by atoms with Gasteiger partial charge in [0.15, 0.2) is 0 Å². The molecule has 0 heterocycles. The Balaban J connectivity index is 3.95. The molecule has 0 fully saturated rings. The maximum atomic E-state index is 12.1. The number of unbranched alkanes of at least 4 members (excludes halogenated alkanes) is 16. The van der Waals surface area contributed by atoms with Gasteiger partial charge in [0.2, 0.25) is 0 Å². The molecule has 0 aliphatic carbocycles. The van der Waals surface area contributed by atoms with Gasteiger partial charge in [-0.3, -0.25) is 27.7 Å². The predicted octanol–water partition coefficient (Wildman–Crippen LogP) is 10.0. The highest BCUT2D eigenvalue weighted by atomic mass is 31.2. The van der Waals surface area contributed by atoms with Crippen molar-refractivity contribution in [3.63, 3.8) is 0 Å². The Hall–Kier alpha value is -2.00. The minimum Gasteiger partial charge on any atom is -0.463 e. The zero-order valence-corrected chi connectivity index (χ0v) is 39.6. The molecule has 0 amide bonds. The van der Waals surface area contributed by atoms with Gasteiger partial charge in [0.25, 0.3) is 0 Å². The summed E-state index contributed by atoms with van der Waals surface area (Å²) in [6.45, 7) is 0.296. The number of hydrogen-bond donors (Lipinski definition) is 5. The molecule has 362 valence electrons. The van der Waals surface area contributed by atoms with Gasteiger partial charge in [-0.15, -0.1) is 0 Å². The zero-order chi connectivity index (χ0) is 46.0. The average molecular weight is 925 g/mol. The van der Waals surface area contributed by atoms with Crippen LogP contribution in [0.1, 0.15) is 168 Å². The number of carbonyl (C=O) groups is 2. The number of ether oxygens (including phenoxy) is 2. The van der Waals surface area contributed by atoms with Crippen molar-refractivity contribution < 1.29 is 71.4 Å². The summed E-state index contributed by atoms with van der Waals surface area (Å²) >= 11 is 0. The topological polar surface area (TPSA) is 225 Å². The largest absolute Gasteiger partial charge is 0.472 e. The number of carbonyl (C=O) groups excluding carboxylic acids is 2. The number of aliphatic hydroxyl groups excluding tert-OH is 3. The second kappa shape index (κ2) is 41.7. The van der Waals surface area contributed by atoms with Gasteiger partial charge in [-0.2, -0.15) is 0 Å². The van der Waals surface area contributed by atoms with E-state index in [0.717, 1.165) is 51.4 Å². The van der Waals surface area contributed by atoms with Crippen LogP contribution in [0.25, 0.3) is 0 Å². The molecular formula is C45H82O15P2. The molecular weight excluding hydrogens is 842 g/mol. The lowest BCUT2D eigenvalue weighted by atomic mass is 10.1. The van der Waals surface area contributed by atoms with E-state index in [1.165, 1.54) is 77.0 Å². The summed E-state index contributed by atoms with van der Waals surface area (Å²) in [5.41, 5.74) is 0. The third-order valence-electron chi connectivity index (χ3n) is 9.27. The van der Waals surface area contributed by atoms with E-state index in [0.29, 0.717) is 12.8 Å². The Morgan fingerprint density at radius 3 is 1.15 bits per heavy atom. The van der Waals surface area contributed by atoms with Crippen molar-refractivity contribution >= 4 is 27.6 Å². The first kappa shape index (κ1) is 60.0. The molecule has 0 bridgehead atoms. The second-order valence-electron chi connectivity index (χ2n) is 15.4. The Morgan fingerprint density at radius 1 is 0.419 bits per heavy atom. The molecule has 0 rings (SSSR count). The predicted molar refractivity (Wildman–Crippen MR) is 242 cm³/mol. The van der Waals surface area contributed by atoms with Crippen LogP contribution in [0, 0.1) is 0 Å². The summed E-state index contributed by atoms with van der Waals surface area (Å²) in [7, 11) is -9.58. The molecule has 0 aromatic carbocycles. The summed E-state index contributed by atoms with van der Waals surface area (Å²) in [4.78, 5) is 43.6. The van der Waals surface area contributed by atoms with E-state index in [1.807, 2.05) is 12.2 Å². The SMILES string of the molecule is CCCCC/C=C\C/C=C\CCCCCCCCCC(=O)OCC(O)COP(=O)(O)OCC(O)COP(=O)(O)OCC(O)COC(=O)CC/C=C/C/C=C\CCCCCCCC. The number of aliphatic hydroxyl groups is 3. The minimum absolute atomic E-state index is 0.0899. The molecule has 0 aromatic rings. The molecule has 0 radical (unpaired) electrons. The van der Waals surface area contributed by atoms with Crippen LogP contribution in [0.2, 0.25) is 0 Å². The van der Waals surface area contributed by atoms with Crippen LogP contribution in [0.4, 0.5) is 0 Å². The minimum atomic E-state index is -4.79.